The van der Waals surface area contributed by atoms with Gasteiger partial charge in [0, 0.05) is 45.4 Å². The van der Waals surface area contributed by atoms with Gasteiger partial charge in [0.1, 0.15) is 17.7 Å². The number of hydrogen-bond acceptors (Lipinski definition) is 6. The lowest BCUT2D eigenvalue weighted by Gasteiger charge is -2.21. The van der Waals surface area contributed by atoms with Crippen LogP contribution >= 0.6 is 11.3 Å². The third-order valence-corrected chi connectivity index (χ3v) is 5.78. The average Bonchev–Trinajstić information content (AvgIpc) is 3.27. The molecule has 8 heteroatoms. The van der Waals surface area contributed by atoms with E-state index in [1.54, 1.807) is 31.7 Å². The maximum Gasteiger partial charge on any atom is 0.213 e. The molecule has 7 nitrogen and oxygen atoms in total. The molecule has 0 aliphatic carbocycles. The molecule has 0 fully saturated rings. The zero-order valence-electron chi connectivity index (χ0n) is 18.4. The van der Waals surface area contributed by atoms with E-state index < -0.39 is 0 Å². The summed E-state index contributed by atoms with van der Waals surface area (Å²) in [5, 5.41) is 6.43. The zero-order valence-corrected chi connectivity index (χ0v) is 19.2. The molecule has 1 N–H and O–H groups in total. The van der Waals surface area contributed by atoms with Crippen molar-refractivity contribution in [3.63, 3.8) is 0 Å². The van der Waals surface area contributed by atoms with Crippen molar-refractivity contribution < 1.29 is 9.47 Å². The Balaban J connectivity index is 1.53. The molecule has 2 heterocycles. The fraction of sp³-hybridized carbons (Fsp3) is 0.348. The monoisotopic (exact) mass is 439 g/mol. The van der Waals surface area contributed by atoms with Crippen LogP contribution in [0.25, 0.3) is 0 Å². The summed E-state index contributed by atoms with van der Waals surface area (Å²) in [7, 11) is 5.47. The number of ether oxygens (including phenoxy) is 2. The summed E-state index contributed by atoms with van der Waals surface area (Å²) in [6.07, 6.45) is 1.77. The third kappa shape index (κ3) is 6.77. The fourth-order valence-corrected chi connectivity index (χ4v) is 3.78. The predicted octanol–water partition coefficient (Wildman–Crippen LogP) is 4.03. The van der Waals surface area contributed by atoms with Gasteiger partial charge in [-0.2, -0.15) is 0 Å². The highest BCUT2D eigenvalue weighted by atomic mass is 32.1. The van der Waals surface area contributed by atoms with Crippen LogP contribution in [-0.2, 0) is 24.4 Å². The van der Waals surface area contributed by atoms with Gasteiger partial charge >= 0.3 is 0 Å². The number of thiazole rings is 1. The minimum atomic E-state index is 0.00601. The summed E-state index contributed by atoms with van der Waals surface area (Å²) in [4.78, 5) is 15.4. The average molecular weight is 440 g/mol. The van der Waals surface area contributed by atoms with Gasteiger partial charge in [-0.15, -0.1) is 11.3 Å². The first-order valence-corrected chi connectivity index (χ1v) is 11.0. The highest BCUT2D eigenvalue weighted by Crippen LogP contribution is 2.21. The van der Waals surface area contributed by atoms with E-state index in [1.807, 2.05) is 61.3 Å². The molecule has 3 aromatic rings. The molecule has 0 aliphatic rings. The maximum atomic E-state index is 5.83. The van der Waals surface area contributed by atoms with Crippen LogP contribution < -0.4 is 10.1 Å². The van der Waals surface area contributed by atoms with Crippen LogP contribution in [0.4, 0.5) is 0 Å². The van der Waals surface area contributed by atoms with Crippen LogP contribution in [0.1, 0.15) is 34.9 Å². The van der Waals surface area contributed by atoms with E-state index in [-0.39, 0.29) is 6.10 Å². The van der Waals surface area contributed by atoms with E-state index in [4.69, 9.17) is 9.47 Å². The molecule has 3 rings (SSSR count). The number of aromatic nitrogens is 2. The molecular weight excluding hydrogens is 410 g/mol. The molecule has 0 spiro atoms. The molecule has 164 valence electrons. The summed E-state index contributed by atoms with van der Waals surface area (Å²) in [5.41, 5.74) is 3.17. The van der Waals surface area contributed by atoms with Gasteiger partial charge in [0.25, 0.3) is 0 Å². The first-order chi connectivity index (χ1) is 15.1. The van der Waals surface area contributed by atoms with E-state index >= 15 is 0 Å². The van der Waals surface area contributed by atoms with E-state index in [9.17, 15) is 0 Å². The highest BCUT2D eigenvalue weighted by Gasteiger charge is 2.13. The first kappa shape index (κ1) is 22.7. The Hall–Kier alpha value is -2.97. The number of pyridine rings is 1. The van der Waals surface area contributed by atoms with Crippen molar-refractivity contribution in [2.75, 3.05) is 21.2 Å². The number of guanidine groups is 1. The molecular formula is C23H29N5O2S. The Morgan fingerprint density at radius 1 is 1.23 bits per heavy atom. The molecule has 0 aliphatic heterocycles. The van der Waals surface area contributed by atoms with Gasteiger partial charge in [-0.25, -0.2) is 9.97 Å². The number of hydrogen-bond donors (Lipinski definition) is 1. The van der Waals surface area contributed by atoms with Gasteiger partial charge in [0.15, 0.2) is 5.96 Å². The van der Waals surface area contributed by atoms with Crippen molar-refractivity contribution in [2.45, 2.75) is 32.7 Å². The van der Waals surface area contributed by atoms with Crippen molar-refractivity contribution >= 4 is 17.3 Å². The largest absolute Gasteiger partial charge is 0.473 e. The normalized spacial score (nSPS) is 12.5. The Morgan fingerprint density at radius 2 is 2.03 bits per heavy atom. The highest BCUT2D eigenvalue weighted by molar-refractivity contribution is 7.09. The van der Waals surface area contributed by atoms with Crippen LogP contribution in [0.3, 0.4) is 0 Å². The van der Waals surface area contributed by atoms with Gasteiger partial charge < -0.3 is 19.7 Å². The van der Waals surface area contributed by atoms with Crippen molar-refractivity contribution in [2.24, 2.45) is 4.99 Å². The Labute approximate surface area is 187 Å². The molecule has 1 unspecified atom stereocenters. The third-order valence-electron chi connectivity index (χ3n) is 4.72. The fourth-order valence-electron chi connectivity index (χ4n) is 2.94. The van der Waals surface area contributed by atoms with E-state index in [0.29, 0.717) is 25.6 Å². The molecule has 0 radical (unpaired) electrons. The summed E-state index contributed by atoms with van der Waals surface area (Å²) in [6.45, 7) is 3.77. The molecule has 0 saturated carbocycles. The van der Waals surface area contributed by atoms with Crippen LogP contribution in [0.5, 0.6) is 5.88 Å². The van der Waals surface area contributed by atoms with Gasteiger partial charge in [-0.1, -0.05) is 30.3 Å². The second-order valence-electron chi connectivity index (χ2n) is 7.09. The zero-order chi connectivity index (χ0) is 22.1. The van der Waals surface area contributed by atoms with Crippen molar-refractivity contribution in [1.29, 1.82) is 0 Å². The van der Waals surface area contributed by atoms with Crippen LogP contribution in [0.15, 0.2) is 59.0 Å². The lowest BCUT2D eigenvalue weighted by Crippen LogP contribution is -2.38. The minimum Gasteiger partial charge on any atom is -0.473 e. The number of nitrogens with one attached hydrogen (secondary N) is 1. The number of benzene rings is 1. The van der Waals surface area contributed by atoms with E-state index in [0.717, 1.165) is 27.8 Å². The second kappa shape index (κ2) is 11.4. The van der Waals surface area contributed by atoms with Crippen LogP contribution in [0.2, 0.25) is 0 Å². The Bertz CT molecular complexity index is 977. The van der Waals surface area contributed by atoms with Crippen molar-refractivity contribution in [3.05, 3.63) is 75.9 Å². The SMILES string of the molecule is CN=C(NCc1ccnc(OCc2ccccc2)c1)N(C)Cc1csc(C(C)OC)n1. The number of methoxy groups -OCH3 is 1. The number of rotatable bonds is 9. The van der Waals surface area contributed by atoms with Crippen LogP contribution in [-0.4, -0.2) is 42.0 Å². The summed E-state index contributed by atoms with van der Waals surface area (Å²) < 4.78 is 11.2. The van der Waals surface area contributed by atoms with Gasteiger partial charge in [-0.05, 0) is 24.1 Å². The lowest BCUT2D eigenvalue weighted by atomic mass is 10.2. The first-order valence-electron chi connectivity index (χ1n) is 10.1. The smallest absolute Gasteiger partial charge is 0.213 e. The van der Waals surface area contributed by atoms with Gasteiger partial charge in [0.2, 0.25) is 5.88 Å². The Kier molecular flexibility index (Phi) is 8.37. The molecule has 2 aromatic heterocycles. The Morgan fingerprint density at radius 3 is 2.77 bits per heavy atom. The second-order valence-corrected chi connectivity index (χ2v) is 7.98. The standard InChI is InChI=1S/C23H29N5O2S/c1-17(29-4)22-27-20(16-31-22)14-28(3)23(24-2)26-13-19-10-11-25-21(12-19)30-15-18-8-6-5-7-9-18/h5-12,16-17H,13-15H2,1-4H3,(H,24,26). The summed E-state index contributed by atoms with van der Waals surface area (Å²) in [6, 6.07) is 14.0. The minimum absolute atomic E-state index is 0.00601. The van der Waals surface area contributed by atoms with Crippen molar-refractivity contribution in [1.82, 2.24) is 20.2 Å². The summed E-state index contributed by atoms with van der Waals surface area (Å²) >= 11 is 1.61. The molecule has 0 amide bonds. The lowest BCUT2D eigenvalue weighted by molar-refractivity contribution is 0.119. The predicted molar refractivity (Wildman–Crippen MR) is 124 cm³/mol. The molecule has 31 heavy (non-hydrogen) atoms. The topological polar surface area (TPSA) is 71.9 Å². The van der Waals surface area contributed by atoms with Crippen molar-refractivity contribution in [3.8, 4) is 5.88 Å². The number of aliphatic imine (C=N–C) groups is 1. The van der Waals surface area contributed by atoms with Gasteiger partial charge in [0.05, 0.1) is 12.2 Å². The molecule has 1 aromatic carbocycles. The summed E-state index contributed by atoms with van der Waals surface area (Å²) in [5.74, 6) is 1.40. The molecule has 0 saturated heterocycles. The van der Waals surface area contributed by atoms with Crippen LogP contribution in [0, 0.1) is 0 Å². The van der Waals surface area contributed by atoms with E-state index in [1.165, 1.54) is 0 Å². The maximum absolute atomic E-state index is 5.83. The number of nitrogens with zero attached hydrogens (tertiary/aromatic N) is 4. The molecule has 0 bridgehead atoms. The quantitative estimate of drug-likeness (QED) is 0.401. The van der Waals surface area contributed by atoms with Gasteiger partial charge in [-0.3, -0.25) is 4.99 Å². The van der Waals surface area contributed by atoms with E-state index in [2.05, 4.69) is 25.7 Å². The molecule has 1 atom stereocenters.